The fraction of sp³-hybridized carbons (Fsp3) is 0.971. The highest BCUT2D eigenvalue weighted by molar-refractivity contribution is 5.73. The maximum absolute atomic E-state index is 13.1. The van der Waals surface area contributed by atoms with Crippen LogP contribution in [0, 0.1) is 0 Å². The zero-order valence-corrected chi connectivity index (χ0v) is 67.5. The van der Waals surface area contributed by atoms with E-state index in [9.17, 15) is 173 Å². The second kappa shape index (κ2) is 45.2. The molecule has 2 amide bonds. The van der Waals surface area contributed by atoms with Gasteiger partial charge in [0.25, 0.3) is 0 Å². The van der Waals surface area contributed by atoms with Gasteiger partial charge >= 0.3 is 0 Å². The third-order valence-corrected chi connectivity index (χ3v) is 23.7. The van der Waals surface area contributed by atoms with Gasteiger partial charge in [-0.1, -0.05) is 0 Å². The molecular weight excluding hydrogens is 1750 g/mol. The second-order valence-electron chi connectivity index (χ2n) is 32.4. The Hall–Kier alpha value is -3.18. The largest absolute Gasteiger partial charge is 0.394 e. The van der Waals surface area contributed by atoms with Gasteiger partial charge in [0.15, 0.2) is 69.2 Å². The predicted molar refractivity (Wildman–Crippen MR) is 384 cm³/mol. The minimum absolute atomic E-state index is 0.837. The highest BCUT2D eigenvalue weighted by Crippen LogP contribution is 2.41. The van der Waals surface area contributed by atoms with Crippen LogP contribution in [-0.4, -0.2) is 579 Å². The first-order chi connectivity index (χ1) is 60.1. The maximum atomic E-state index is 13.1. The van der Waals surface area contributed by atoms with Crippen LogP contribution in [0.4, 0.5) is 0 Å². The van der Waals surface area contributed by atoms with Gasteiger partial charge in [0.1, 0.15) is 262 Å². The Morgan fingerprint density at radius 1 is 0.220 bits per heavy atom. The number of carbonyl (C=O) groups is 2. The van der Waals surface area contributed by atoms with Gasteiger partial charge in [-0.15, -0.1) is 0 Å². The van der Waals surface area contributed by atoms with E-state index in [0.29, 0.717) is 0 Å². The number of hydrogen-bond donors (Lipinski definition) is 34. The number of amides is 2. The molecule has 11 aliphatic rings. The van der Waals surface area contributed by atoms with Crippen LogP contribution in [-0.2, 0) is 109 Å². The molecule has 738 valence electrons. The Labute approximate surface area is 717 Å². The zero-order valence-electron chi connectivity index (χ0n) is 67.5. The Kier molecular flexibility index (Phi) is 37.1. The topological polar surface area (TPSA) is 899 Å². The van der Waals surface area contributed by atoms with Crippen molar-refractivity contribution in [2.75, 3.05) is 66.1 Å². The lowest BCUT2D eigenvalue weighted by molar-refractivity contribution is -0.404. The average Bonchev–Trinajstić information content (AvgIpc) is 0.785. The van der Waals surface area contributed by atoms with E-state index in [1.54, 1.807) is 0 Å². The lowest BCUT2D eigenvalue weighted by Crippen LogP contribution is -2.70. The van der Waals surface area contributed by atoms with Crippen LogP contribution in [0.1, 0.15) is 20.8 Å². The molecule has 0 spiro atoms. The van der Waals surface area contributed by atoms with Crippen LogP contribution in [0.25, 0.3) is 0 Å². The van der Waals surface area contributed by atoms with E-state index in [1.165, 1.54) is 6.92 Å². The number of nitrogens with one attached hydrogen (secondary N) is 2. The van der Waals surface area contributed by atoms with Crippen molar-refractivity contribution in [1.29, 1.82) is 0 Å². The van der Waals surface area contributed by atoms with Gasteiger partial charge in [0.2, 0.25) is 11.8 Å². The molecule has 0 saturated carbocycles. The Morgan fingerprint density at radius 3 is 0.882 bits per heavy atom. The molecule has 57 heteroatoms. The van der Waals surface area contributed by atoms with Crippen LogP contribution in [0.5, 0.6) is 0 Å². The molecule has 34 N–H and O–H groups in total. The lowest BCUT2D eigenvalue weighted by atomic mass is 9.93. The van der Waals surface area contributed by atoms with Gasteiger partial charge < -0.3 is 274 Å². The van der Waals surface area contributed by atoms with E-state index in [-0.39, 0.29) is 0 Å². The van der Waals surface area contributed by atoms with Crippen molar-refractivity contribution in [2.24, 2.45) is 0 Å². The number of rotatable bonds is 32. The molecule has 55 atom stereocenters. The van der Waals surface area contributed by atoms with Gasteiger partial charge in [-0.2, -0.15) is 0 Å². The Morgan fingerprint density at radius 2 is 0.472 bits per heavy atom. The summed E-state index contributed by atoms with van der Waals surface area (Å²) in [6.07, 6.45) is -112. The van der Waals surface area contributed by atoms with Crippen molar-refractivity contribution >= 4 is 11.8 Å². The zero-order chi connectivity index (χ0) is 93.2. The van der Waals surface area contributed by atoms with E-state index in [1.807, 2.05) is 0 Å². The van der Waals surface area contributed by atoms with E-state index in [0.717, 1.165) is 13.8 Å². The molecule has 0 aromatic carbocycles. The maximum Gasteiger partial charge on any atom is 0.217 e. The van der Waals surface area contributed by atoms with Crippen LogP contribution in [0.15, 0.2) is 0 Å². The van der Waals surface area contributed by atoms with Crippen LogP contribution >= 0.6 is 0 Å². The SMILES string of the molecule is CC(=O)N[C@H]1[C@H](O[C@H]2[C@H](O)[C@@H](NC(C)=O)C(O)O[C@@H]2CO[C@@H]2O[C@@H](C)[C@@H](O)[C@@H](O)[C@@H]2O)O[C@H](CO)[C@@H](O[C@@H]2O[C@H](CO[C@H]3O[C@H](CO[C@H]4O[C@H](CO)[C@@H](O)[C@H](O[C@H]5O[C@H](CO)[C@@H](O)[C@H](O)[C@@H]5O[C@H]5O[C@H](CO)[C@@H](O)[C@H](O)[C@@H]5O[C@H]5O[C@H](CO)[C@@H](O)[C@H](O)[C@@H]5O)[C@@H]4O)[C@@H](O)[C@H](O[C@H]4O[C@H](CO)[C@@H](O)[C@H](O)[C@@H]4O)[C@@H]3O)[C@@H](O)[C@H](O[C@H]3O[C@H](CO)[C@@H](O)[C@H](O)[C@@H]3O)[C@@H]2O)[C@@H]1O. The summed E-state index contributed by atoms with van der Waals surface area (Å²) in [5.74, 6) is -1.81. The summed E-state index contributed by atoms with van der Waals surface area (Å²) >= 11 is 0. The first-order valence-electron chi connectivity index (χ1n) is 40.5. The first-order valence-corrected chi connectivity index (χ1v) is 40.5. The number of ether oxygens (including phenoxy) is 21. The molecule has 0 aromatic heterocycles. The van der Waals surface area contributed by atoms with Crippen molar-refractivity contribution in [1.82, 2.24) is 10.6 Å². The fourth-order valence-corrected chi connectivity index (χ4v) is 16.3. The summed E-state index contributed by atoms with van der Waals surface area (Å²) in [7, 11) is 0. The highest BCUT2D eigenvalue weighted by Gasteiger charge is 2.62. The van der Waals surface area contributed by atoms with Gasteiger partial charge in [-0.25, -0.2) is 0 Å². The monoisotopic (exact) mass is 1870 g/mol. The van der Waals surface area contributed by atoms with E-state index >= 15 is 0 Å². The second-order valence-corrected chi connectivity index (χ2v) is 32.4. The Balaban J connectivity index is 0.861. The molecule has 11 heterocycles. The summed E-state index contributed by atoms with van der Waals surface area (Å²) in [6, 6.07) is -3.73. The quantitative estimate of drug-likeness (QED) is 0.0297. The molecule has 0 aliphatic carbocycles. The van der Waals surface area contributed by atoms with Crippen molar-refractivity contribution in [3.63, 3.8) is 0 Å². The highest BCUT2D eigenvalue weighted by atomic mass is 16.8. The van der Waals surface area contributed by atoms with Crippen molar-refractivity contribution in [3.8, 4) is 0 Å². The standard InChI is InChI=1S/C70H118N2O55/c1-14-29(82)40(93)46(99)62(110-14)109-13-26-54(38(91)27(60(106)111-26)71-15(2)80)121-61-28(72-16(3)81)39(92)53(23(10-79)118-61)122-68-52(105)57(124-66-48(101)42(95)31(84)18(5-74)114-66)37(90)25(120-68)12-108-64-51(104)56(123-65-47(100)41(94)30(83)17(4-73)113-65)36(89)24(119-64)11-107-63-50(103)55(35(88)22(9-78)112-63)125-69-59(45(98)34(87)20(7-76)116-69)127-70-58(44(97)33(86)21(8-77)117-70)126-67-49(102)43(96)32(85)19(6-75)115-67/h14,17-70,73-79,82-106H,4-13H2,1-3H3,(H,71,80)(H,72,81)/t14-,17+,18+,19+,20+,21+,22+,23+,24+,25+,26+,27+,28+,29+,30+,31+,32+,33+,34+,35+,36+,37+,38+,39+,40+,41-,42-,43-,44-,45-,46-,47-,48-,49-,50-,51-,52-,53+,54+,55-,56-,57-,58-,59-,60?,61-,62+,63-,64-,65+,66+,67+,68-,69+,70+/m0/s1. The molecule has 11 aliphatic heterocycles. The number of carbonyl (C=O) groups excluding carboxylic acids is 2. The molecule has 11 fully saturated rings. The fourth-order valence-electron chi connectivity index (χ4n) is 16.3. The summed E-state index contributed by atoms with van der Waals surface area (Å²) in [6.45, 7) is -7.87. The average molecular weight is 1870 g/mol. The minimum atomic E-state index is -2.50. The van der Waals surface area contributed by atoms with Gasteiger partial charge in [0.05, 0.1) is 72.2 Å². The number of hydrogen-bond acceptors (Lipinski definition) is 55. The van der Waals surface area contributed by atoms with Gasteiger partial charge in [0, 0.05) is 13.8 Å². The predicted octanol–water partition coefficient (Wildman–Crippen LogP) is -23.7. The third kappa shape index (κ3) is 22.6. The summed E-state index contributed by atoms with van der Waals surface area (Å²) in [4.78, 5) is 25.5. The molecule has 0 bridgehead atoms. The Bertz CT molecular complexity index is 3360. The van der Waals surface area contributed by atoms with E-state index in [4.69, 9.17) is 99.5 Å². The first kappa shape index (κ1) is 104. The lowest BCUT2D eigenvalue weighted by Gasteiger charge is -2.50. The summed E-state index contributed by atoms with van der Waals surface area (Å²) < 4.78 is 123. The van der Waals surface area contributed by atoms with Crippen LogP contribution < -0.4 is 10.6 Å². The van der Waals surface area contributed by atoms with Crippen molar-refractivity contribution in [2.45, 2.75) is 358 Å². The molecule has 11 rings (SSSR count). The summed E-state index contributed by atoms with van der Waals surface area (Å²) in [5, 5.41) is 359. The third-order valence-electron chi connectivity index (χ3n) is 23.7. The van der Waals surface area contributed by atoms with E-state index in [2.05, 4.69) is 10.6 Å². The number of aliphatic hydroxyl groups excluding tert-OH is 32. The van der Waals surface area contributed by atoms with E-state index < -0.39 is 416 Å². The smallest absolute Gasteiger partial charge is 0.217 e. The molecule has 0 radical (unpaired) electrons. The number of aliphatic hydroxyl groups is 32. The molecule has 57 nitrogen and oxygen atoms in total. The molecule has 0 aromatic rings. The van der Waals surface area contributed by atoms with Crippen molar-refractivity contribution in [3.05, 3.63) is 0 Å². The van der Waals surface area contributed by atoms with Crippen LogP contribution in [0.2, 0.25) is 0 Å². The minimum Gasteiger partial charge on any atom is -0.394 e. The van der Waals surface area contributed by atoms with Gasteiger partial charge in [-0.05, 0) is 6.92 Å². The molecule has 11 saturated heterocycles. The molecule has 127 heavy (non-hydrogen) atoms. The normalized spacial score (nSPS) is 52.0. The van der Waals surface area contributed by atoms with Crippen LogP contribution in [0.3, 0.4) is 0 Å². The molecule has 1 unspecified atom stereocenters. The molecular formula is C70H118N2O55. The van der Waals surface area contributed by atoms with Gasteiger partial charge in [-0.3, -0.25) is 9.59 Å². The van der Waals surface area contributed by atoms with Crippen molar-refractivity contribution < 1.29 is 272 Å². The summed E-state index contributed by atoms with van der Waals surface area (Å²) in [5.41, 5.74) is 0.